The Kier molecular flexibility index (Phi) is 3.59. The van der Waals surface area contributed by atoms with Crippen molar-refractivity contribution in [3.63, 3.8) is 0 Å². The molecule has 6 nitrogen and oxygen atoms in total. The summed E-state index contributed by atoms with van der Waals surface area (Å²) in [5.74, 6) is -0.603. The number of carbonyl (C=O) groups excluding carboxylic acids is 1. The number of carbonyl (C=O) groups is 1. The number of nitrogens with one attached hydrogen (secondary N) is 1. The number of H-pyrrole nitrogens is 1. The molecule has 1 atom stereocenters. The van der Waals surface area contributed by atoms with E-state index >= 15 is 0 Å². The van der Waals surface area contributed by atoms with Gasteiger partial charge in [-0.2, -0.15) is 0 Å². The molecule has 94 valence electrons. The number of aromatic amines is 1. The van der Waals surface area contributed by atoms with Crippen LogP contribution in [-0.2, 0) is 11.2 Å². The summed E-state index contributed by atoms with van der Waals surface area (Å²) in [6, 6.07) is 5.41. The molecule has 0 radical (unpaired) electrons. The number of rotatable bonds is 4. The Balaban J connectivity index is 1.98. The fourth-order valence-electron chi connectivity index (χ4n) is 1.44. The standard InChI is InChI=1S/C12H13N3O3/c13-9(5-8-6-14-7-15-8)12(17)18-11-4-2-1-3-10(11)16/h1-4,6-7,9,16H,5,13H2,(H,14,15)/t9-/m0/s1. The van der Waals surface area contributed by atoms with Crippen LogP contribution in [0.1, 0.15) is 5.69 Å². The molecule has 0 aliphatic rings. The molecule has 0 spiro atoms. The Morgan fingerprint density at radius 3 is 2.94 bits per heavy atom. The number of para-hydroxylation sites is 2. The Bertz CT molecular complexity index is 525. The highest BCUT2D eigenvalue weighted by Gasteiger charge is 2.18. The van der Waals surface area contributed by atoms with E-state index in [4.69, 9.17) is 10.5 Å². The van der Waals surface area contributed by atoms with Gasteiger partial charge in [-0.3, -0.25) is 0 Å². The molecule has 6 heteroatoms. The van der Waals surface area contributed by atoms with Crippen molar-refractivity contribution < 1.29 is 14.6 Å². The van der Waals surface area contributed by atoms with Gasteiger partial charge in [0.2, 0.25) is 0 Å². The topological polar surface area (TPSA) is 101 Å². The Labute approximate surface area is 103 Å². The molecule has 0 bridgehead atoms. The summed E-state index contributed by atoms with van der Waals surface area (Å²) in [4.78, 5) is 18.4. The second-order valence-electron chi connectivity index (χ2n) is 3.78. The number of nitrogens with two attached hydrogens (primary N) is 1. The monoisotopic (exact) mass is 247 g/mol. The number of benzene rings is 1. The van der Waals surface area contributed by atoms with Gasteiger partial charge in [-0.25, -0.2) is 9.78 Å². The van der Waals surface area contributed by atoms with Crippen LogP contribution in [-0.4, -0.2) is 27.1 Å². The molecule has 0 saturated heterocycles. The van der Waals surface area contributed by atoms with Gasteiger partial charge in [0, 0.05) is 18.3 Å². The fraction of sp³-hybridized carbons (Fsp3) is 0.167. The van der Waals surface area contributed by atoms with Crippen LogP contribution in [0.4, 0.5) is 0 Å². The third-order valence-corrected chi connectivity index (χ3v) is 2.37. The number of imidazole rings is 1. The SMILES string of the molecule is N[C@@H](Cc1cnc[nH]1)C(=O)Oc1ccccc1O. The van der Waals surface area contributed by atoms with Gasteiger partial charge in [-0.05, 0) is 12.1 Å². The molecular weight excluding hydrogens is 234 g/mol. The van der Waals surface area contributed by atoms with Gasteiger partial charge < -0.3 is 20.6 Å². The average molecular weight is 247 g/mol. The molecule has 1 heterocycles. The lowest BCUT2D eigenvalue weighted by Crippen LogP contribution is -2.36. The minimum absolute atomic E-state index is 0.0976. The molecule has 4 N–H and O–H groups in total. The lowest BCUT2D eigenvalue weighted by molar-refractivity contribution is -0.135. The summed E-state index contributed by atoms with van der Waals surface area (Å²) in [5.41, 5.74) is 6.45. The highest BCUT2D eigenvalue weighted by atomic mass is 16.5. The number of esters is 1. The minimum atomic E-state index is -0.815. The van der Waals surface area contributed by atoms with Gasteiger partial charge in [-0.15, -0.1) is 0 Å². The summed E-state index contributed by atoms with van der Waals surface area (Å²) >= 11 is 0. The van der Waals surface area contributed by atoms with Gasteiger partial charge in [0.15, 0.2) is 11.5 Å². The van der Waals surface area contributed by atoms with Gasteiger partial charge in [-0.1, -0.05) is 12.1 Å². The molecule has 0 saturated carbocycles. The van der Waals surface area contributed by atoms with E-state index in [0.29, 0.717) is 6.42 Å². The van der Waals surface area contributed by atoms with E-state index in [0.717, 1.165) is 5.69 Å². The van der Waals surface area contributed by atoms with Crippen molar-refractivity contribution in [1.82, 2.24) is 9.97 Å². The Morgan fingerprint density at radius 1 is 1.50 bits per heavy atom. The summed E-state index contributed by atoms with van der Waals surface area (Å²) in [7, 11) is 0. The molecule has 0 aliphatic carbocycles. The Morgan fingerprint density at radius 2 is 2.28 bits per heavy atom. The summed E-state index contributed by atoms with van der Waals surface area (Å²) in [6.45, 7) is 0. The van der Waals surface area contributed by atoms with Crippen molar-refractivity contribution in [1.29, 1.82) is 0 Å². The van der Waals surface area contributed by atoms with Crippen molar-refractivity contribution in [3.8, 4) is 11.5 Å². The van der Waals surface area contributed by atoms with Crippen LogP contribution < -0.4 is 10.5 Å². The number of phenols is 1. The third-order valence-electron chi connectivity index (χ3n) is 2.37. The first-order valence-corrected chi connectivity index (χ1v) is 5.39. The predicted octanol–water partition coefficient (Wildman–Crippen LogP) is 0.591. The number of nitrogens with zero attached hydrogens (tertiary/aromatic N) is 1. The first kappa shape index (κ1) is 12.1. The number of aromatic hydroxyl groups is 1. The fourth-order valence-corrected chi connectivity index (χ4v) is 1.44. The van der Waals surface area contributed by atoms with Crippen molar-refractivity contribution in [2.45, 2.75) is 12.5 Å². The van der Waals surface area contributed by atoms with Crippen LogP contribution in [0.3, 0.4) is 0 Å². The second kappa shape index (κ2) is 5.33. The second-order valence-corrected chi connectivity index (χ2v) is 3.78. The summed E-state index contributed by atoms with van der Waals surface area (Å²) in [6.07, 6.45) is 3.40. The zero-order valence-corrected chi connectivity index (χ0v) is 9.54. The zero-order chi connectivity index (χ0) is 13.0. The van der Waals surface area contributed by atoms with Crippen molar-refractivity contribution >= 4 is 5.97 Å². The van der Waals surface area contributed by atoms with Crippen LogP contribution in [0, 0.1) is 0 Å². The van der Waals surface area contributed by atoms with E-state index in [2.05, 4.69) is 9.97 Å². The van der Waals surface area contributed by atoms with E-state index in [-0.39, 0.29) is 11.5 Å². The van der Waals surface area contributed by atoms with Gasteiger partial charge in [0.25, 0.3) is 0 Å². The van der Waals surface area contributed by atoms with Crippen LogP contribution in [0.5, 0.6) is 11.5 Å². The number of aromatic nitrogens is 2. The average Bonchev–Trinajstić information content (AvgIpc) is 2.84. The molecule has 18 heavy (non-hydrogen) atoms. The molecule has 0 aliphatic heterocycles. The maximum absolute atomic E-state index is 11.7. The maximum Gasteiger partial charge on any atom is 0.328 e. The van der Waals surface area contributed by atoms with Crippen molar-refractivity contribution in [2.24, 2.45) is 5.73 Å². The zero-order valence-electron chi connectivity index (χ0n) is 9.54. The van der Waals surface area contributed by atoms with Crippen molar-refractivity contribution in [3.05, 3.63) is 42.5 Å². The number of hydrogen-bond donors (Lipinski definition) is 3. The number of ether oxygens (including phenoxy) is 1. The predicted molar refractivity (Wildman–Crippen MR) is 64.0 cm³/mol. The Hall–Kier alpha value is -2.34. The van der Waals surface area contributed by atoms with Crippen LogP contribution in [0.2, 0.25) is 0 Å². The summed E-state index contributed by atoms with van der Waals surface area (Å²) < 4.78 is 5.01. The highest BCUT2D eigenvalue weighted by molar-refractivity contribution is 5.78. The first-order valence-electron chi connectivity index (χ1n) is 5.39. The molecular formula is C12H13N3O3. The third kappa shape index (κ3) is 2.86. The smallest absolute Gasteiger partial charge is 0.328 e. The first-order chi connectivity index (χ1) is 8.66. The summed E-state index contributed by atoms with van der Waals surface area (Å²) in [5, 5.41) is 9.46. The molecule has 0 fully saturated rings. The van der Waals surface area contributed by atoms with E-state index in [1.54, 1.807) is 18.3 Å². The lowest BCUT2D eigenvalue weighted by Gasteiger charge is -2.10. The van der Waals surface area contributed by atoms with Crippen LogP contribution >= 0.6 is 0 Å². The highest BCUT2D eigenvalue weighted by Crippen LogP contribution is 2.24. The molecule has 0 unspecified atom stereocenters. The molecule has 2 aromatic rings. The molecule has 1 aromatic heterocycles. The van der Waals surface area contributed by atoms with Gasteiger partial charge in [0.1, 0.15) is 6.04 Å². The van der Waals surface area contributed by atoms with E-state index in [1.807, 2.05) is 0 Å². The van der Waals surface area contributed by atoms with E-state index in [9.17, 15) is 9.90 Å². The van der Waals surface area contributed by atoms with Crippen LogP contribution in [0.25, 0.3) is 0 Å². The molecule has 2 rings (SSSR count). The maximum atomic E-state index is 11.7. The van der Waals surface area contributed by atoms with Gasteiger partial charge >= 0.3 is 5.97 Å². The van der Waals surface area contributed by atoms with E-state index in [1.165, 1.54) is 18.5 Å². The molecule has 0 amide bonds. The largest absolute Gasteiger partial charge is 0.504 e. The normalized spacial score (nSPS) is 12.1. The van der Waals surface area contributed by atoms with Gasteiger partial charge in [0.05, 0.1) is 6.33 Å². The van der Waals surface area contributed by atoms with Crippen molar-refractivity contribution in [2.75, 3.05) is 0 Å². The lowest BCUT2D eigenvalue weighted by atomic mass is 10.2. The quantitative estimate of drug-likeness (QED) is 0.542. The number of phenolic OH excluding ortho intramolecular Hbond substituents is 1. The van der Waals surface area contributed by atoms with E-state index < -0.39 is 12.0 Å². The minimum Gasteiger partial charge on any atom is -0.504 e. The number of hydrogen-bond acceptors (Lipinski definition) is 5. The molecule has 1 aromatic carbocycles. The van der Waals surface area contributed by atoms with Crippen LogP contribution in [0.15, 0.2) is 36.8 Å².